The van der Waals surface area contributed by atoms with Gasteiger partial charge in [0.2, 0.25) is 0 Å². The molecule has 0 aromatic rings. The van der Waals surface area contributed by atoms with Crippen molar-refractivity contribution in [3.8, 4) is 0 Å². The van der Waals surface area contributed by atoms with E-state index in [9.17, 15) is 0 Å². The molecular formula is C2H6AlO5-2. The molecule has 0 aliphatic carbocycles. The highest BCUT2D eigenvalue weighted by Crippen LogP contribution is 0.757. The van der Waals surface area contributed by atoms with Crippen LogP contribution in [-0.2, 0) is 9.59 Å². The average Bonchev–Trinajstić information content (AvgIpc) is 1.39. The summed E-state index contributed by atoms with van der Waals surface area (Å²) in [4.78, 5) is 16.5. The van der Waals surface area contributed by atoms with E-state index in [2.05, 4.69) is 0 Å². The minimum atomic E-state index is -0.500. The zero-order valence-corrected chi connectivity index (χ0v) is 6.29. The van der Waals surface area contributed by atoms with Crippen molar-refractivity contribution in [2.75, 3.05) is 0 Å². The van der Waals surface area contributed by atoms with Gasteiger partial charge in [-0.15, -0.1) is 0 Å². The maximum atomic E-state index is 8.25. The second kappa shape index (κ2) is 92.5. The summed E-state index contributed by atoms with van der Waals surface area (Å²) in [6.07, 6.45) is 0. The fourth-order valence-electron chi connectivity index (χ4n) is 0. The van der Waals surface area contributed by atoms with Crippen LogP contribution in [0, 0.1) is 0 Å². The van der Waals surface area contributed by atoms with Gasteiger partial charge in [0.15, 0.2) is 0 Å². The summed E-state index contributed by atoms with van der Waals surface area (Å²) in [7, 11) is 0. The molecule has 0 heterocycles. The molecule has 5 nitrogen and oxygen atoms in total. The van der Waals surface area contributed by atoms with Gasteiger partial charge in [-0.1, -0.05) is 0 Å². The van der Waals surface area contributed by atoms with Crippen molar-refractivity contribution >= 4 is 30.3 Å². The number of carbonyl (C=O) groups excluding carboxylic acids is 2. The minimum absolute atomic E-state index is 0. The van der Waals surface area contributed by atoms with Gasteiger partial charge in [-0.3, -0.25) is 0 Å². The maximum Gasteiger partial charge on any atom is 0.146 e. The first-order valence-electron chi connectivity index (χ1n) is 0.943. The summed E-state index contributed by atoms with van der Waals surface area (Å²) in [5.74, 6) is 0. The molecular weight excluding hydrogens is 131 g/mol. The predicted octanol–water partition coefficient (Wildman–Crippen LogP) is -5.01. The molecule has 0 saturated carbocycles. The van der Waals surface area contributed by atoms with Gasteiger partial charge in [-0.25, -0.2) is 0 Å². The first kappa shape index (κ1) is 26.1. The minimum Gasteiger partial charge on any atom is -0.554 e. The van der Waals surface area contributed by atoms with Crippen molar-refractivity contribution in [1.82, 2.24) is 0 Å². The summed E-state index contributed by atoms with van der Waals surface area (Å²) in [5.41, 5.74) is 0. The standard InChI is InChI=1S/2CH2O2.Al.H2O.2H/c2*2-1-3;;;;/h2*1H,(H,2,3);;1H2;;/p-2. The molecule has 1 radical (unpaired) electrons. The molecule has 0 aliphatic rings. The molecule has 0 spiro atoms. The van der Waals surface area contributed by atoms with Crippen LogP contribution in [0.5, 0.6) is 0 Å². The smallest absolute Gasteiger partial charge is 0.146 e. The average molecular weight is 137 g/mol. The van der Waals surface area contributed by atoms with Gasteiger partial charge in [-0.2, -0.15) is 0 Å². The van der Waals surface area contributed by atoms with Crippen LogP contribution in [0.1, 0.15) is 0 Å². The van der Waals surface area contributed by atoms with Crippen LogP contribution in [0.4, 0.5) is 0 Å². The first-order valence-corrected chi connectivity index (χ1v) is 0.943. The van der Waals surface area contributed by atoms with Crippen LogP contribution in [0.15, 0.2) is 0 Å². The molecule has 2 N–H and O–H groups in total. The Morgan fingerprint density at radius 3 is 1.00 bits per heavy atom. The third-order valence-corrected chi connectivity index (χ3v) is 0. The van der Waals surface area contributed by atoms with Gasteiger partial charge in [-0.05, 0) is 0 Å². The summed E-state index contributed by atoms with van der Waals surface area (Å²) >= 11 is 0. The van der Waals surface area contributed by atoms with E-state index < -0.39 is 12.9 Å². The normalized spacial score (nSPS) is 3.00. The number of carboxylic acid groups (broad SMARTS) is 2. The Balaban J connectivity index is -0.0000000160. The van der Waals surface area contributed by atoms with E-state index in [1.165, 1.54) is 0 Å². The number of hydrogen-bond acceptors (Lipinski definition) is 4. The molecule has 8 heavy (non-hydrogen) atoms. The Hall–Kier alpha value is -0.568. The lowest BCUT2D eigenvalue weighted by atomic mass is 11.7. The molecule has 0 aromatic heterocycles. The molecule has 0 aliphatic heterocycles. The monoisotopic (exact) mass is 137 g/mol. The molecule has 0 unspecified atom stereocenters. The van der Waals surface area contributed by atoms with Crippen molar-refractivity contribution in [3.63, 3.8) is 0 Å². The highest BCUT2D eigenvalue weighted by Gasteiger charge is 0.999. The lowest BCUT2D eigenvalue weighted by Crippen LogP contribution is -2.01. The highest BCUT2D eigenvalue weighted by atomic mass is 27.0. The quantitative estimate of drug-likeness (QED) is 0.245. The van der Waals surface area contributed by atoms with Gasteiger partial charge < -0.3 is 25.3 Å². The zero-order valence-electron chi connectivity index (χ0n) is 4.29. The molecule has 0 bridgehead atoms. The zero-order chi connectivity index (χ0) is 5.41. The molecule has 0 rings (SSSR count). The van der Waals surface area contributed by atoms with Crippen LogP contribution in [0.3, 0.4) is 0 Å². The van der Waals surface area contributed by atoms with Crippen LogP contribution in [0.2, 0.25) is 0 Å². The molecule has 0 aromatic carbocycles. The Bertz CT molecular complexity index is 31.4. The van der Waals surface area contributed by atoms with E-state index >= 15 is 0 Å². The fraction of sp³-hybridized carbons (Fsp3) is 0. The van der Waals surface area contributed by atoms with Gasteiger partial charge in [0.1, 0.15) is 17.4 Å². The Kier molecular flexibility index (Phi) is 302. The van der Waals surface area contributed by atoms with E-state index in [0.29, 0.717) is 0 Å². The van der Waals surface area contributed by atoms with Crippen molar-refractivity contribution in [1.29, 1.82) is 0 Å². The lowest BCUT2D eigenvalue weighted by molar-refractivity contribution is -0.284. The molecule has 0 atom stereocenters. The Morgan fingerprint density at radius 1 is 1.00 bits per heavy atom. The number of hydrogen-bond donors (Lipinski definition) is 0. The van der Waals surface area contributed by atoms with Crippen molar-refractivity contribution in [3.05, 3.63) is 0 Å². The first-order chi connectivity index (χ1) is 2.83. The van der Waals surface area contributed by atoms with Crippen LogP contribution < -0.4 is 10.2 Å². The lowest BCUT2D eigenvalue weighted by Gasteiger charge is -1.52. The topological polar surface area (TPSA) is 112 Å². The molecule has 0 amide bonds. The van der Waals surface area contributed by atoms with Crippen molar-refractivity contribution < 1.29 is 25.3 Å². The van der Waals surface area contributed by atoms with Crippen molar-refractivity contribution in [2.45, 2.75) is 0 Å². The third kappa shape index (κ3) is 331. The van der Waals surface area contributed by atoms with E-state index in [4.69, 9.17) is 19.8 Å². The molecule has 49 valence electrons. The maximum absolute atomic E-state index is 8.25. The van der Waals surface area contributed by atoms with E-state index in [1.807, 2.05) is 0 Å². The second-order valence-electron chi connectivity index (χ2n) is 0.192. The summed E-state index contributed by atoms with van der Waals surface area (Å²) in [6.45, 7) is -1.00. The SMILES string of the molecule is O.O=C[O-].O=C[O-].[AlH2]. The molecule has 6 heteroatoms. The highest BCUT2D eigenvalue weighted by molar-refractivity contribution is 5.75. The predicted molar refractivity (Wildman–Crippen MR) is 24.3 cm³/mol. The third-order valence-electron chi connectivity index (χ3n) is 0. The van der Waals surface area contributed by atoms with Crippen LogP contribution in [0.25, 0.3) is 0 Å². The molecule has 0 fully saturated rings. The number of rotatable bonds is 0. The van der Waals surface area contributed by atoms with E-state index in [-0.39, 0.29) is 22.8 Å². The van der Waals surface area contributed by atoms with Gasteiger partial charge in [0.25, 0.3) is 0 Å². The molecule has 0 saturated heterocycles. The summed E-state index contributed by atoms with van der Waals surface area (Å²) in [6, 6.07) is 0. The summed E-state index contributed by atoms with van der Waals surface area (Å²) in [5, 5.41) is 16.5. The largest absolute Gasteiger partial charge is 0.554 e. The van der Waals surface area contributed by atoms with Gasteiger partial charge in [0.05, 0.1) is 0 Å². The Morgan fingerprint density at radius 2 is 1.00 bits per heavy atom. The summed E-state index contributed by atoms with van der Waals surface area (Å²) < 4.78 is 0. The van der Waals surface area contributed by atoms with Gasteiger partial charge >= 0.3 is 0 Å². The van der Waals surface area contributed by atoms with E-state index in [0.717, 1.165) is 0 Å². The van der Waals surface area contributed by atoms with Gasteiger partial charge in [0, 0.05) is 12.9 Å². The Labute approximate surface area is 56.4 Å². The fourth-order valence-corrected chi connectivity index (χ4v) is 0. The van der Waals surface area contributed by atoms with Crippen LogP contribution in [-0.4, -0.2) is 35.8 Å². The van der Waals surface area contributed by atoms with Crippen LogP contribution >= 0.6 is 0 Å². The second-order valence-corrected chi connectivity index (χ2v) is 0.192. The number of carbonyl (C=O) groups is 2. The van der Waals surface area contributed by atoms with Crippen molar-refractivity contribution in [2.24, 2.45) is 0 Å². The van der Waals surface area contributed by atoms with E-state index in [1.54, 1.807) is 0 Å².